The monoisotopic (exact) mass is 643 g/mol. The minimum absolute atomic E-state index is 0.00484. The maximum atomic E-state index is 14.5. The standard InChI is InChI=1S/C34H24Cl3N3O4/c35-21-16-14-20(15-17-21)29(41)38-39-30(42)26(18-19-8-2-1-3-9-19)40-31(43)27-28(32(40)44)34(37)23-11-5-4-10-22(23)33(27,36)24-12-6-7-13-25(24)34/h1-17,26-28H,18H2,(H,38,41)(H,39,42)/t26-,27-,28-,33?,34?/m0/s1. The van der Waals surface area contributed by atoms with Crippen LogP contribution in [-0.4, -0.2) is 34.6 Å². The molecule has 0 spiro atoms. The lowest BCUT2D eigenvalue weighted by Crippen LogP contribution is -2.57. The zero-order chi connectivity index (χ0) is 30.8. The molecule has 1 saturated heterocycles. The highest BCUT2D eigenvalue weighted by molar-refractivity contribution is 6.36. The van der Waals surface area contributed by atoms with Crippen molar-refractivity contribution < 1.29 is 19.2 Å². The van der Waals surface area contributed by atoms with Crippen LogP contribution in [0.5, 0.6) is 0 Å². The first-order valence-corrected chi connectivity index (χ1v) is 15.1. The number of likely N-dealkylation sites (tertiary alicyclic amines) is 1. The molecule has 7 nitrogen and oxygen atoms in total. The van der Waals surface area contributed by atoms with E-state index in [-0.39, 0.29) is 12.0 Å². The Bertz CT molecular complexity index is 1720. The smallest absolute Gasteiger partial charge is 0.269 e. The highest BCUT2D eigenvalue weighted by Crippen LogP contribution is 2.69. The van der Waals surface area contributed by atoms with Crippen molar-refractivity contribution in [2.75, 3.05) is 0 Å². The Kier molecular flexibility index (Phi) is 6.81. The average Bonchev–Trinajstić information content (AvgIpc) is 3.32. The fourth-order valence-corrected chi connectivity index (χ4v) is 8.23. The Morgan fingerprint density at radius 2 is 1.14 bits per heavy atom. The number of nitrogens with one attached hydrogen (secondary N) is 2. The molecule has 8 rings (SSSR count). The van der Waals surface area contributed by atoms with E-state index in [9.17, 15) is 19.2 Å². The third-order valence-electron chi connectivity index (χ3n) is 8.91. The minimum Gasteiger partial charge on any atom is -0.274 e. The lowest BCUT2D eigenvalue weighted by atomic mass is 9.54. The normalized spacial score (nSPS) is 25.1. The summed E-state index contributed by atoms with van der Waals surface area (Å²) >= 11 is 21.0. The second-order valence-corrected chi connectivity index (χ2v) is 12.8. The number of hydrazine groups is 1. The molecule has 0 aromatic heterocycles. The van der Waals surface area contributed by atoms with Crippen molar-refractivity contribution in [1.29, 1.82) is 0 Å². The largest absolute Gasteiger partial charge is 0.274 e. The van der Waals surface area contributed by atoms with Crippen molar-refractivity contribution in [1.82, 2.24) is 15.8 Å². The summed E-state index contributed by atoms with van der Waals surface area (Å²) in [5.74, 6) is -4.65. The summed E-state index contributed by atoms with van der Waals surface area (Å²) in [6.45, 7) is 0. The van der Waals surface area contributed by atoms with Crippen LogP contribution in [0.4, 0.5) is 0 Å². The van der Waals surface area contributed by atoms with Crippen LogP contribution in [0.25, 0.3) is 0 Å². The fourth-order valence-electron chi connectivity index (χ4n) is 7.01. The Balaban J connectivity index is 1.28. The highest BCUT2D eigenvalue weighted by Gasteiger charge is 2.73. The van der Waals surface area contributed by atoms with Gasteiger partial charge in [-0.2, -0.15) is 0 Å². The molecule has 0 radical (unpaired) electrons. The van der Waals surface area contributed by atoms with Gasteiger partial charge in [-0.05, 0) is 52.1 Å². The summed E-state index contributed by atoms with van der Waals surface area (Å²) in [5, 5.41) is 0.452. The molecule has 2 N–H and O–H groups in total. The third kappa shape index (κ3) is 4.03. The molecule has 1 heterocycles. The number of halogens is 3. The van der Waals surface area contributed by atoms with Crippen molar-refractivity contribution in [2.45, 2.75) is 22.2 Å². The van der Waals surface area contributed by atoms with Gasteiger partial charge in [0.2, 0.25) is 11.8 Å². The van der Waals surface area contributed by atoms with E-state index in [0.29, 0.717) is 32.8 Å². The number of amides is 4. The predicted molar refractivity (Wildman–Crippen MR) is 166 cm³/mol. The molecule has 220 valence electrons. The van der Waals surface area contributed by atoms with E-state index in [2.05, 4.69) is 10.9 Å². The molecular weight excluding hydrogens is 621 g/mol. The van der Waals surface area contributed by atoms with E-state index >= 15 is 0 Å². The number of rotatable bonds is 5. The maximum Gasteiger partial charge on any atom is 0.269 e. The summed E-state index contributed by atoms with van der Waals surface area (Å²) < 4.78 is 0. The number of carbonyl (C=O) groups excluding carboxylic acids is 4. The van der Waals surface area contributed by atoms with Crippen molar-refractivity contribution in [3.8, 4) is 0 Å². The van der Waals surface area contributed by atoms with Gasteiger partial charge in [-0.25, -0.2) is 0 Å². The van der Waals surface area contributed by atoms with Gasteiger partial charge in [-0.15, -0.1) is 23.2 Å². The van der Waals surface area contributed by atoms with Gasteiger partial charge in [-0.3, -0.25) is 34.9 Å². The lowest BCUT2D eigenvalue weighted by Gasteiger charge is -2.54. The summed E-state index contributed by atoms with van der Waals surface area (Å²) in [5.41, 5.74) is 8.45. The SMILES string of the molecule is O=C(NNC(=O)[C@H](Cc1ccccc1)N1C(=O)[C@@H]2[C@@H](C1=O)C1(Cl)c3ccccc3C2(Cl)c2ccccc21)c1ccc(Cl)cc1. The number of nitrogens with zero attached hydrogens (tertiary/aromatic N) is 1. The molecule has 0 saturated carbocycles. The molecule has 4 aromatic rings. The van der Waals surface area contributed by atoms with Crippen molar-refractivity contribution in [3.63, 3.8) is 0 Å². The Morgan fingerprint density at radius 3 is 1.61 bits per heavy atom. The number of carbonyl (C=O) groups is 4. The Labute approximate surface area is 268 Å². The number of imide groups is 1. The summed E-state index contributed by atoms with van der Waals surface area (Å²) in [6, 6.07) is 28.5. The van der Waals surface area contributed by atoms with Crippen LogP contribution in [0.15, 0.2) is 103 Å². The summed E-state index contributed by atoms with van der Waals surface area (Å²) in [7, 11) is 0. The molecule has 4 aromatic carbocycles. The van der Waals surface area contributed by atoms with Gasteiger partial charge in [0.15, 0.2) is 0 Å². The van der Waals surface area contributed by atoms with Crippen molar-refractivity contribution in [2.24, 2.45) is 11.8 Å². The molecule has 0 unspecified atom stereocenters. The van der Waals surface area contributed by atoms with Crippen LogP contribution in [0.1, 0.15) is 38.2 Å². The zero-order valence-corrected chi connectivity index (χ0v) is 25.2. The van der Waals surface area contributed by atoms with Crippen LogP contribution in [0.2, 0.25) is 5.02 Å². The number of hydrogen-bond acceptors (Lipinski definition) is 4. The first-order valence-electron chi connectivity index (χ1n) is 14.0. The van der Waals surface area contributed by atoms with E-state index in [1.165, 1.54) is 12.1 Å². The van der Waals surface area contributed by atoms with Crippen LogP contribution >= 0.6 is 34.8 Å². The molecule has 4 aliphatic rings. The van der Waals surface area contributed by atoms with E-state index in [1.807, 2.05) is 54.6 Å². The molecule has 4 amide bonds. The second kappa shape index (κ2) is 10.5. The first-order chi connectivity index (χ1) is 21.2. The minimum atomic E-state index is -1.38. The van der Waals surface area contributed by atoms with Gasteiger partial charge in [0, 0.05) is 17.0 Å². The summed E-state index contributed by atoms with van der Waals surface area (Å²) in [6.07, 6.45) is 0.00484. The number of hydrogen-bond donors (Lipinski definition) is 2. The van der Waals surface area contributed by atoms with Gasteiger partial charge in [-0.1, -0.05) is 90.5 Å². The molecule has 3 aliphatic carbocycles. The van der Waals surface area contributed by atoms with E-state index in [4.69, 9.17) is 34.8 Å². The maximum absolute atomic E-state index is 14.5. The molecule has 1 aliphatic heterocycles. The van der Waals surface area contributed by atoms with E-state index in [1.54, 1.807) is 36.4 Å². The van der Waals surface area contributed by atoms with Gasteiger partial charge in [0.05, 0.1) is 11.8 Å². The van der Waals surface area contributed by atoms with Crippen LogP contribution < -0.4 is 10.9 Å². The topological polar surface area (TPSA) is 95.6 Å². The fraction of sp³-hybridized carbons (Fsp3) is 0.176. The predicted octanol–water partition coefficient (Wildman–Crippen LogP) is 5.31. The second-order valence-electron chi connectivity index (χ2n) is 11.2. The van der Waals surface area contributed by atoms with Gasteiger partial charge >= 0.3 is 0 Å². The Hall–Kier alpha value is -4.17. The van der Waals surface area contributed by atoms with Crippen LogP contribution in [0.3, 0.4) is 0 Å². The third-order valence-corrected chi connectivity index (χ3v) is 10.4. The van der Waals surface area contributed by atoms with Crippen molar-refractivity contribution in [3.05, 3.63) is 142 Å². The molecular formula is C34H24Cl3N3O4. The molecule has 44 heavy (non-hydrogen) atoms. The lowest BCUT2D eigenvalue weighted by molar-refractivity contribution is -0.148. The molecule has 1 fully saturated rings. The van der Waals surface area contributed by atoms with Gasteiger partial charge in [0.1, 0.15) is 15.8 Å². The number of alkyl halides is 2. The van der Waals surface area contributed by atoms with E-state index < -0.39 is 51.3 Å². The van der Waals surface area contributed by atoms with Crippen LogP contribution in [0, 0.1) is 11.8 Å². The molecule has 10 heteroatoms. The van der Waals surface area contributed by atoms with Gasteiger partial charge < -0.3 is 0 Å². The highest BCUT2D eigenvalue weighted by atomic mass is 35.5. The molecule has 2 bridgehead atoms. The Morgan fingerprint density at radius 1 is 0.682 bits per heavy atom. The number of benzene rings is 4. The van der Waals surface area contributed by atoms with Crippen molar-refractivity contribution >= 4 is 58.4 Å². The average molecular weight is 645 g/mol. The van der Waals surface area contributed by atoms with Gasteiger partial charge in [0.25, 0.3) is 11.8 Å². The zero-order valence-electron chi connectivity index (χ0n) is 23.0. The molecule has 3 atom stereocenters. The van der Waals surface area contributed by atoms with E-state index in [0.717, 1.165) is 4.90 Å². The quantitative estimate of drug-likeness (QED) is 0.175. The van der Waals surface area contributed by atoms with Crippen LogP contribution in [-0.2, 0) is 30.6 Å². The summed E-state index contributed by atoms with van der Waals surface area (Å²) in [4.78, 5) is 53.9. The first kappa shape index (κ1) is 28.6.